The molecule has 11 nitrogen and oxygen atoms in total. The summed E-state index contributed by atoms with van der Waals surface area (Å²) in [6.07, 6.45) is 3.92. The van der Waals surface area contributed by atoms with Crippen molar-refractivity contribution in [3.8, 4) is 0 Å². The highest BCUT2D eigenvalue weighted by Crippen LogP contribution is 2.23. The van der Waals surface area contributed by atoms with Gasteiger partial charge in [-0.1, -0.05) is 23.2 Å². The van der Waals surface area contributed by atoms with Crippen LogP contribution in [0.1, 0.15) is 41.6 Å². The number of hydrogen-bond acceptors (Lipinski definition) is 8. The zero-order chi connectivity index (χ0) is 28.2. The summed E-state index contributed by atoms with van der Waals surface area (Å²) in [6, 6.07) is 7.66. The van der Waals surface area contributed by atoms with Gasteiger partial charge in [0.1, 0.15) is 22.9 Å². The lowest BCUT2D eigenvalue weighted by atomic mass is 10.1. The maximum absolute atomic E-state index is 12.9. The predicted octanol–water partition coefficient (Wildman–Crippen LogP) is 4.74. The van der Waals surface area contributed by atoms with Gasteiger partial charge in [0.05, 0.1) is 28.7 Å². The largest absolute Gasteiger partial charge is 0.444 e. The summed E-state index contributed by atoms with van der Waals surface area (Å²) >= 11 is 11.9. The Morgan fingerprint density at radius 2 is 1.56 bits per heavy atom. The van der Waals surface area contributed by atoms with E-state index < -0.39 is 17.4 Å². The molecule has 0 radical (unpaired) electrons. The van der Waals surface area contributed by atoms with Gasteiger partial charge in [-0.15, -0.1) is 0 Å². The van der Waals surface area contributed by atoms with E-state index in [2.05, 4.69) is 25.6 Å². The molecule has 0 spiro atoms. The molecule has 0 aliphatic carbocycles. The lowest BCUT2D eigenvalue weighted by molar-refractivity contribution is 0.0240. The molecule has 0 bridgehead atoms. The topological polar surface area (TPSA) is 130 Å². The van der Waals surface area contributed by atoms with E-state index in [4.69, 9.17) is 27.9 Å². The van der Waals surface area contributed by atoms with Gasteiger partial charge in [-0.05, 0) is 51.1 Å². The molecule has 3 amide bonds. The Morgan fingerprint density at radius 3 is 2.18 bits per heavy atom. The number of carbonyl (C=O) groups is 3. The molecule has 204 valence electrons. The van der Waals surface area contributed by atoms with Gasteiger partial charge in [0.25, 0.3) is 11.8 Å². The number of piperazine rings is 1. The van der Waals surface area contributed by atoms with Gasteiger partial charge >= 0.3 is 6.09 Å². The summed E-state index contributed by atoms with van der Waals surface area (Å²) in [4.78, 5) is 54.4. The standard InChI is InChI=1S/C26H27Cl2N7O4/c1-26(2,3)39-25(38)35-10-8-34(9-11-35)22-15-29-20(14-31-22)24(37)32-19-6-4-16(27)12-18(19)23(36)33-21-7-5-17(28)13-30-21/h4-7,12-15H,8-11H2,1-3H3,(H,32,37)(H,30,33,36). The molecule has 1 aliphatic heterocycles. The van der Waals surface area contributed by atoms with E-state index in [0.717, 1.165) is 0 Å². The molecule has 1 fully saturated rings. The summed E-state index contributed by atoms with van der Waals surface area (Å²) in [6.45, 7) is 7.54. The molecule has 13 heteroatoms. The second-order valence-corrected chi connectivity index (χ2v) is 10.5. The summed E-state index contributed by atoms with van der Waals surface area (Å²) in [5, 5.41) is 6.09. The van der Waals surface area contributed by atoms with E-state index in [1.54, 1.807) is 23.1 Å². The van der Waals surface area contributed by atoms with E-state index in [9.17, 15) is 14.4 Å². The van der Waals surface area contributed by atoms with Crippen LogP contribution in [0, 0.1) is 0 Å². The number of amides is 3. The number of carbonyl (C=O) groups excluding carboxylic acids is 3. The lowest BCUT2D eigenvalue weighted by Crippen LogP contribution is -2.50. The first kappa shape index (κ1) is 28.1. The number of rotatable bonds is 5. The third-order valence-electron chi connectivity index (χ3n) is 5.57. The molecule has 1 aromatic carbocycles. The molecule has 1 saturated heterocycles. The first-order valence-electron chi connectivity index (χ1n) is 12.1. The molecule has 0 unspecified atom stereocenters. The quantitative estimate of drug-likeness (QED) is 0.449. The van der Waals surface area contributed by atoms with Crippen LogP contribution in [0.5, 0.6) is 0 Å². The SMILES string of the molecule is CC(C)(C)OC(=O)N1CCN(c2cnc(C(=O)Nc3ccc(Cl)cc3C(=O)Nc3ccc(Cl)cn3)cn2)CC1. The van der Waals surface area contributed by atoms with E-state index >= 15 is 0 Å². The fourth-order valence-corrected chi connectivity index (χ4v) is 3.96. The Kier molecular flexibility index (Phi) is 8.51. The van der Waals surface area contributed by atoms with E-state index in [1.165, 1.54) is 30.7 Å². The number of ether oxygens (including phenoxy) is 1. The maximum Gasteiger partial charge on any atom is 0.410 e. The van der Waals surface area contributed by atoms with Crippen molar-refractivity contribution in [2.24, 2.45) is 0 Å². The van der Waals surface area contributed by atoms with Crippen molar-refractivity contribution in [3.05, 3.63) is 70.2 Å². The maximum atomic E-state index is 12.9. The van der Waals surface area contributed by atoms with Gasteiger partial charge < -0.3 is 25.2 Å². The minimum atomic E-state index is -0.555. The van der Waals surface area contributed by atoms with Gasteiger partial charge in [0, 0.05) is 37.4 Å². The van der Waals surface area contributed by atoms with Crippen LogP contribution >= 0.6 is 23.2 Å². The van der Waals surface area contributed by atoms with Crippen molar-refractivity contribution in [3.63, 3.8) is 0 Å². The van der Waals surface area contributed by atoms with Crippen LogP contribution in [0.3, 0.4) is 0 Å². The summed E-state index contributed by atoms with van der Waals surface area (Å²) < 4.78 is 5.43. The molecule has 4 rings (SSSR count). The molecular weight excluding hydrogens is 545 g/mol. The number of nitrogens with zero attached hydrogens (tertiary/aromatic N) is 5. The minimum absolute atomic E-state index is 0.0619. The highest BCUT2D eigenvalue weighted by molar-refractivity contribution is 6.31. The molecule has 39 heavy (non-hydrogen) atoms. The van der Waals surface area contributed by atoms with Crippen LogP contribution in [-0.2, 0) is 4.74 Å². The summed E-state index contributed by atoms with van der Waals surface area (Å²) in [5.41, 5.74) is -0.118. The molecule has 3 heterocycles. The van der Waals surface area contributed by atoms with E-state index in [1.807, 2.05) is 25.7 Å². The molecule has 3 aromatic rings. The van der Waals surface area contributed by atoms with Gasteiger partial charge in [0.2, 0.25) is 0 Å². The van der Waals surface area contributed by atoms with Crippen LogP contribution in [0.25, 0.3) is 0 Å². The number of benzene rings is 1. The number of anilines is 3. The molecular formula is C26H27Cl2N7O4. The number of nitrogens with one attached hydrogen (secondary N) is 2. The van der Waals surface area contributed by atoms with Crippen molar-refractivity contribution < 1.29 is 19.1 Å². The highest BCUT2D eigenvalue weighted by Gasteiger charge is 2.26. The average molecular weight is 572 g/mol. The fourth-order valence-electron chi connectivity index (χ4n) is 3.68. The molecule has 2 N–H and O–H groups in total. The van der Waals surface area contributed by atoms with Crippen LogP contribution in [0.2, 0.25) is 10.0 Å². The smallest absolute Gasteiger partial charge is 0.410 e. The van der Waals surface area contributed by atoms with Crippen molar-refractivity contribution in [2.75, 3.05) is 41.7 Å². The van der Waals surface area contributed by atoms with Crippen molar-refractivity contribution in [1.82, 2.24) is 19.9 Å². The van der Waals surface area contributed by atoms with Gasteiger partial charge in [-0.25, -0.2) is 19.7 Å². The zero-order valence-corrected chi connectivity index (χ0v) is 23.1. The Balaban J connectivity index is 1.39. The summed E-state index contributed by atoms with van der Waals surface area (Å²) in [5.74, 6) is -0.202. The fraction of sp³-hybridized carbons (Fsp3) is 0.308. The monoisotopic (exact) mass is 571 g/mol. The van der Waals surface area contributed by atoms with Gasteiger partial charge in [-0.3, -0.25) is 9.59 Å². The first-order valence-corrected chi connectivity index (χ1v) is 12.8. The van der Waals surface area contributed by atoms with Crippen LogP contribution in [-0.4, -0.2) is 69.5 Å². The number of pyridine rings is 1. The van der Waals surface area contributed by atoms with Gasteiger partial charge in [0.15, 0.2) is 0 Å². The third-order valence-corrected chi connectivity index (χ3v) is 6.03. The van der Waals surface area contributed by atoms with Crippen molar-refractivity contribution in [1.29, 1.82) is 0 Å². The normalized spacial score (nSPS) is 13.6. The van der Waals surface area contributed by atoms with Crippen LogP contribution in [0.15, 0.2) is 48.9 Å². The Labute approximate surface area is 235 Å². The molecule has 2 aromatic heterocycles. The number of halogens is 2. The Morgan fingerprint density at radius 1 is 0.846 bits per heavy atom. The summed E-state index contributed by atoms with van der Waals surface area (Å²) in [7, 11) is 0. The molecule has 1 aliphatic rings. The zero-order valence-electron chi connectivity index (χ0n) is 21.6. The number of aromatic nitrogens is 3. The third kappa shape index (κ3) is 7.55. The molecule has 0 saturated carbocycles. The van der Waals surface area contributed by atoms with E-state index in [0.29, 0.717) is 42.0 Å². The second-order valence-electron chi connectivity index (χ2n) is 9.67. The predicted molar refractivity (Wildman–Crippen MR) is 149 cm³/mol. The van der Waals surface area contributed by atoms with Crippen LogP contribution < -0.4 is 15.5 Å². The molecule has 0 atom stereocenters. The van der Waals surface area contributed by atoms with Crippen molar-refractivity contribution >= 4 is 58.4 Å². The van der Waals surface area contributed by atoms with Crippen LogP contribution in [0.4, 0.5) is 22.1 Å². The Bertz CT molecular complexity index is 1350. The average Bonchev–Trinajstić information content (AvgIpc) is 2.90. The van der Waals surface area contributed by atoms with Gasteiger partial charge in [-0.2, -0.15) is 0 Å². The Hall–Kier alpha value is -3.96. The highest BCUT2D eigenvalue weighted by atomic mass is 35.5. The lowest BCUT2D eigenvalue weighted by Gasteiger charge is -2.36. The number of hydrogen-bond donors (Lipinski definition) is 2. The first-order chi connectivity index (χ1) is 18.5. The second kappa shape index (κ2) is 11.8. The van der Waals surface area contributed by atoms with Crippen molar-refractivity contribution in [2.45, 2.75) is 26.4 Å². The minimum Gasteiger partial charge on any atom is -0.444 e. The van der Waals surface area contributed by atoms with E-state index in [-0.39, 0.29) is 28.9 Å².